The summed E-state index contributed by atoms with van der Waals surface area (Å²) >= 11 is 0. The van der Waals surface area contributed by atoms with Crippen LogP contribution in [0.15, 0.2) is 11.6 Å². The Balaban J connectivity index is 0.00000400. The molecule has 5 N–H and O–H groups in total. The molecule has 9 heteroatoms. The number of fused-ring (bicyclic) bond motifs is 5. The van der Waals surface area contributed by atoms with Crippen LogP contribution in [-0.2, 0) is 4.74 Å². The summed E-state index contributed by atoms with van der Waals surface area (Å²) in [5.41, 5.74) is 13.8. The molecule has 0 saturated heterocycles. The summed E-state index contributed by atoms with van der Waals surface area (Å²) in [5.74, 6) is 5.93. The summed E-state index contributed by atoms with van der Waals surface area (Å²) in [7, 11) is 0. The standard InChI is InChI=1S/C40H74N4O2.3ClH/c1-7-31(29(2)3)13-12-30(4)35-16-17-36-34-15-14-32-28-33(18-20-39(32,5)37(34)19-21-40(35,36)6)46-38(45)44(27-11-23-42)26-9-8-24-43-25-10-22-41;;;/h14,29-31,33-37,43H,7-13,15-28,41-42H2,1-6H3;3*1H/t30-,31-,33+,34+,35-,36+,37+,39+,40-;;;/m1.../s1. The zero-order valence-corrected chi connectivity index (χ0v) is 34.6. The van der Waals surface area contributed by atoms with E-state index in [0.29, 0.717) is 18.5 Å². The Morgan fingerprint density at radius 1 is 0.918 bits per heavy atom. The average molecular weight is 752 g/mol. The largest absolute Gasteiger partial charge is 0.446 e. The van der Waals surface area contributed by atoms with Gasteiger partial charge in [0, 0.05) is 19.5 Å². The first kappa shape index (κ1) is 46.8. The van der Waals surface area contributed by atoms with Gasteiger partial charge in [-0.25, -0.2) is 4.79 Å². The molecular formula is C40H77Cl3N4O2. The molecule has 0 aromatic carbocycles. The van der Waals surface area contributed by atoms with Gasteiger partial charge < -0.3 is 26.4 Å². The van der Waals surface area contributed by atoms with Crippen LogP contribution in [0.2, 0.25) is 0 Å². The van der Waals surface area contributed by atoms with Gasteiger partial charge in [0.15, 0.2) is 0 Å². The van der Waals surface area contributed by atoms with Crippen molar-refractivity contribution in [3.63, 3.8) is 0 Å². The summed E-state index contributed by atoms with van der Waals surface area (Å²) in [6.07, 6.45) is 20.5. The number of unbranched alkanes of at least 4 members (excludes halogenated alkanes) is 1. The van der Waals surface area contributed by atoms with Gasteiger partial charge in [0.1, 0.15) is 6.10 Å². The van der Waals surface area contributed by atoms with Crippen molar-refractivity contribution in [2.75, 3.05) is 39.3 Å². The lowest BCUT2D eigenvalue weighted by Gasteiger charge is -2.58. The fourth-order valence-corrected chi connectivity index (χ4v) is 11.1. The second kappa shape index (κ2) is 22.1. The van der Waals surface area contributed by atoms with Crippen molar-refractivity contribution in [2.24, 2.45) is 63.7 Å². The quantitative estimate of drug-likeness (QED) is 0.0958. The smallest absolute Gasteiger partial charge is 0.410 e. The number of carbonyl (C=O) groups is 1. The van der Waals surface area contributed by atoms with E-state index in [1.165, 1.54) is 51.4 Å². The van der Waals surface area contributed by atoms with E-state index in [4.69, 9.17) is 16.2 Å². The Morgan fingerprint density at radius 3 is 2.29 bits per heavy atom. The van der Waals surface area contributed by atoms with Gasteiger partial charge in [-0.15, -0.1) is 37.2 Å². The fraction of sp³-hybridized carbons (Fsp3) is 0.925. The molecule has 0 spiro atoms. The third-order valence-corrected chi connectivity index (χ3v) is 14.0. The van der Waals surface area contributed by atoms with Gasteiger partial charge in [0.25, 0.3) is 0 Å². The highest BCUT2D eigenvalue weighted by atomic mass is 35.5. The monoisotopic (exact) mass is 751 g/mol. The molecule has 1 amide bonds. The molecule has 0 aromatic rings. The van der Waals surface area contributed by atoms with Gasteiger partial charge in [-0.3, -0.25) is 0 Å². The Hall–Kier alpha value is -0.240. The molecule has 6 nitrogen and oxygen atoms in total. The molecule has 0 radical (unpaired) electrons. The highest BCUT2D eigenvalue weighted by Crippen LogP contribution is 2.67. The topological polar surface area (TPSA) is 93.6 Å². The average Bonchev–Trinajstić information content (AvgIpc) is 3.39. The van der Waals surface area contributed by atoms with Crippen LogP contribution >= 0.6 is 37.2 Å². The normalized spacial score (nSPS) is 31.4. The molecule has 4 rings (SSSR count). The third kappa shape index (κ3) is 11.4. The van der Waals surface area contributed by atoms with Crippen LogP contribution < -0.4 is 16.8 Å². The van der Waals surface area contributed by atoms with Crippen LogP contribution in [0.4, 0.5) is 4.79 Å². The number of nitrogens with two attached hydrogens (primary N) is 2. The van der Waals surface area contributed by atoms with E-state index in [0.717, 1.165) is 113 Å². The van der Waals surface area contributed by atoms with E-state index in [9.17, 15) is 4.79 Å². The number of hydrogen-bond acceptors (Lipinski definition) is 5. The lowest BCUT2D eigenvalue weighted by atomic mass is 9.47. The zero-order valence-electron chi connectivity index (χ0n) is 32.2. The molecule has 0 heterocycles. The fourth-order valence-electron chi connectivity index (χ4n) is 11.1. The second-order valence-electron chi connectivity index (χ2n) is 16.9. The molecule has 290 valence electrons. The Bertz CT molecular complexity index is 985. The van der Waals surface area contributed by atoms with E-state index < -0.39 is 0 Å². The predicted molar refractivity (Wildman–Crippen MR) is 215 cm³/mol. The highest BCUT2D eigenvalue weighted by Gasteiger charge is 2.59. The SMILES string of the molecule is CC[C@H](CC[C@@H](C)[C@H]1CC[C@H]2[C@@H]3CC=C4C[C@@H](OC(=O)N(CCCN)CCCCNCCCN)CC[C@]4(C)[C@H]3CC[C@]12C)C(C)C.Cl.Cl.Cl. The van der Waals surface area contributed by atoms with Gasteiger partial charge in [0.05, 0.1) is 0 Å². The van der Waals surface area contributed by atoms with Crippen molar-refractivity contribution in [3.8, 4) is 0 Å². The zero-order chi connectivity index (χ0) is 33.3. The maximum absolute atomic E-state index is 13.4. The maximum Gasteiger partial charge on any atom is 0.410 e. The van der Waals surface area contributed by atoms with Crippen molar-refractivity contribution in [3.05, 3.63) is 11.6 Å². The van der Waals surface area contributed by atoms with Crippen molar-refractivity contribution in [1.82, 2.24) is 10.2 Å². The molecule has 0 unspecified atom stereocenters. The van der Waals surface area contributed by atoms with Gasteiger partial charge >= 0.3 is 6.09 Å². The summed E-state index contributed by atoms with van der Waals surface area (Å²) in [6, 6.07) is 0. The van der Waals surface area contributed by atoms with E-state index in [2.05, 4.69) is 52.9 Å². The minimum absolute atomic E-state index is 0. The first-order valence-corrected chi connectivity index (χ1v) is 19.8. The van der Waals surface area contributed by atoms with E-state index in [1.807, 2.05) is 4.90 Å². The maximum atomic E-state index is 13.4. The molecular weight excluding hydrogens is 675 g/mol. The number of nitrogens with one attached hydrogen (secondary N) is 1. The van der Waals surface area contributed by atoms with Crippen LogP contribution in [0.5, 0.6) is 0 Å². The Labute approximate surface area is 320 Å². The minimum Gasteiger partial charge on any atom is -0.446 e. The molecule has 9 atom stereocenters. The first-order chi connectivity index (χ1) is 22.1. The number of rotatable bonds is 18. The number of allylic oxidation sites excluding steroid dienone is 1. The van der Waals surface area contributed by atoms with Crippen molar-refractivity contribution in [2.45, 2.75) is 144 Å². The minimum atomic E-state index is -0.134. The first-order valence-electron chi connectivity index (χ1n) is 19.8. The lowest BCUT2D eigenvalue weighted by molar-refractivity contribution is -0.0595. The molecule has 3 fully saturated rings. The van der Waals surface area contributed by atoms with Crippen molar-refractivity contribution >= 4 is 43.3 Å². The summed E-state index contributed by atoms with van der Waals surface area (Å²) in [4.78, 5) is 15.3. The third-order valence-electron chi connectivity index (χ3n) is 14.0. The molecule has 0 aromatic heterocycles. The number of nitrogens with zero attached hydrogens (tertiary/aromatic N) is 1. The molecule has 0 bridgehead atoms. The van der Waals surface area contributed by atoms with Crippen molar-refractivity contribution < 1.29 is 9.53 Å². The summed E-state index contributed by atoms with van der Waals surface area (Å²) < 4.78 is 6.25. The molecule has 49 heavy (non-hydrogen) atoms. The van der Waals surface area contributed by atoms with E-state index >= 15 is 0 Å². The van der Waals surface area contributed by atoms with Crippen LogP contribution in [0, 0.1) is 52.3 Å². The molecule has 4 aliphatic carbocycles. The number of amides is 1. The van der Waals surface area contributed by atoms with Crippen LogP contribution in [-0.4, -0.2) is 56.4 Å². The second-order valence-corrected chi connectivity index (χ2v) is 16.9. The number of halogens is 3. The Morgan fingerprint density at radius 2 is 1.61 bits per heavy atom. The van der Waals surface area contributed by atoms with Crippen LogP contribution in [0.1, 0.15) is 138 Å². The predicted octanol–water partition coefficient (Wildman–Crippen LogP) is 9.80. The van der Waals surface area contributed by atoms with Gasteiger partial charge in [0.2, 0.25) is 0 Å². The highest BCUT2D eigenvalue weighted by molar-refractivity contribution is 5.86. The summed E-state index contributed by atoms with van der Waals surface area (Å²) in [6.45, 7) is 19.8. The number of carbonyl (C=O) groups excluding carboxylic acids is 1. The van der Waals surface area contributed by atoms with E-state index in [1.54, 1.807) is 5.57 Å². The van der Waals surface area contributed by atoms with Crippen LogP contribution in [0.3, 0.4) is 0 Å². The molecule has 4 aliphatic rings. The van der Waals surface area contributed by atoms with Gasteiger partial charge in [-0.1, -0.05) is 66.0 Å². The Kier molecular flexibility index (Phi) is 21.1. The lowest BCUT2D eigenvalue weighted by Crippen LogP contribution is -2.51. The van der Waals surface area contributed by atoms with Gasteiger partial charge in [-0.05, 0) is 155 Å². The van der Waals surface area contributed by atoms with Gasteiger partial charge in [-0.2, -0.15) is 0 Å². The van der Waals surface area contributed by atoms with E-state index in [-0.39, 0.29) is 54.8 Å². The molecule has 0 aliphatic heterocycles. The molecule has 3 saturated carbocycles. The van der Waals surface area contributed by atoms with Crippen LogP contribution in [0.25, 0.3) is 0 Å². The number of ether oxygens (including phenoxy) is 1. The summed E-state index contributed by atoms with van der Waals surface area (Å²) in [5, 5.41) is 3.44. The number of hydrogen-bond donors (Lipinski definition) is 3. The van der Waals surface area contributed by atoms with Crippen molar-refractivity contribution in [1.29, 1.82) is 0 Å².